The molecule has 200 valence electrons. The molecule has 2 saturated heterocycles. The molecule has 2 aromatic rings. The van der Waals surface area contributed by atoms with E-state index in [0.29, 0.717) is 24.1 Å². The lowest BCUT2D eigenvalue weighted by atomic mass is 9.74. The van der Waals surface area contributed by atoms with Crippen LogP contribution < -0.4 is 5.32 Å². The van der Waals surface area contributed by atoms with Crippen molar-refractivity contribution < 1.29 is 14.4 Å². The fourth-order valence-electron chi connectivity index (χ4n) is 6.20. The lowest BCUT2D eigenvalue weighted by molar-refractivity contribution is -0.136. The summed E-state index contributed by atoms with van der Waals surface area (Å²) in [6.07, 6.45) is 6.27. The van der Waals surface area contributed by atoms with Crippen LogP contribution in [-0.4, -0.2) is 53.2 Å². The predicted molar refractivity (Wildman–Crippen MR) is 144 cm³/mol. The predicted octanol–water partition coefficient (Wildman–Crippen LogP) is 3.59. The van der Waals surface area contributed by atoms with Gasteiger partial charge in [-0.05, 0) is 93.0 Å². The zero-order valence-electron chi connectivity index (χ0n) is 22.1. The van der Waals surface area contributed by atoms with Crippen LogP contribution in [0.1, 0.15) is 77.6 Å². The molecule has 1 unspecified atom stereocenters. The van der Waals surface area contributed by atoms with Gasteiger partial charge in [0.1, 0.15) is 6.04 Å². The van der Waals surface area contributed by atoms with Gasteiger partial charge in [0.15, 0.2) is 0 Å². The van der Waals surface area contributed by atoms with Crippen LogP contribution in [-0.2, 0) is 28.0 Å². The Labute approximate surface area is 229 Å². The minimum absolute atomic E-state index is 0.124. The van der Waals surface area contributed by atoms with Crippen LogP contribution in [0, 0.1) is 22.7 Å². The van der Waals surface area contributed by atoms with E-state index >= 15 is 0 Å². The largest absolute Gasteiger partial charge is 0.322 e. The average Bonchev–Trinajstić information content (AvgIpc) is 3.30. The zero-order chi connectivity index (χ0) is 27.4. The smallest absolute Gasteiger partial charge is 0.255 e. The van der Waals surface area contributed by atoms with Crippen LogP contribution in [0.5, 0.6) is 0 Å². The highest BCUT2D eigenvalue weighted by Gasteiger charge is 2.40. The summed E-state index contributed by atoms with van der Waals surface area (Å²) in [5, 5.41) is 21.4. The molecule has 2 aromatic carbocycles. The number of nitrogens with one attached hydrogen (secondary N) is 1. The number of benzene rings is 2. The van der Waals surface area contributed by atoms with Crippen molar-refractivity contribution in [1.82, 2.24) is 15.1 Å². The molecule has 0 aromatic heterocycles. The maximum atomic E-state index is 13.0. The van der Waals surface area contributed by atoms with Crippen molar-refractivity contribution >= 4 is 17.7 Å². The van der Waals surface area contributed by atoms with E-state index in [2.05, 4.69) is 28.4 Å². The number of aryl methyl sites for hydroxylation is 1. The summed E-state index contributed by atoms with van der Waals surface area (Å²) < 4.78 is 0. The number of fused-ring (bicyclic) bond motifs is 1. The van der Waals surface area contributed by atoms with Gasteiger partial charge >= 0.3 is 0 Å². The summed E-state index contributed by atoms with van der Waals surface area (Å²) in [5.74, 6) is -0.780. The molecule has 1 N–H and O–H groups in total. The number of unbranched alkanes of at least 4 members (excludes halogenated alkanes) is 2. The number of piperidine rings is 2. The molecule has 3 aliphatic rings. The normalized spacial score (nSPS) is 20.7. The van der Waals surface area contributed by atoms with Gasteiger partial charge in [0.2, 0.25) is 11.8 Å². The number of amides is 3. The van der Waals surface area contributed by atoms with E-state index in [4.69, 9.17) is 5.26 Å². The first kappa shape index (κ1) is 26.6. The quantitative estimate of drug-likeness (QED) is 0.417. The zero-order valence-corrected chi connectivity index (χ0v) is 22.1. The molecule has 0 radical (unpaired) electrons. The van der Waals surface area contributed by atoms with Crippen LogP contribution in [0.25, 0.3) is 0 Å². The van der Waals surface area contributed by atoms with Crippen LogP contribution in [0.4, 0.5) is 0 Å². The maximum Gasteiger partial charge on any atom is 0.255 e. The van der Waals surface area contributed by atoms with E-state index < -0.39 is 11.5 Å². The SMILES string of the molecule is N#Cc1ccc(C2(C#N)CCN(CCCCCc3cccc4c3CN(C3CCC(=O)NC3=O)C4=O)CC2)cc1. The first-order valence-electron chi connectivity index (χ1n) is 13.8. The Kier molecular flexibility index (Phi) is 7.77. The van der Waals surface area contributed by atoms with E-state index in [1.807, 2.05) is 24.3 Å². The molecular formula is C31H33N5O3. The van der Waals surface area contributed by atoms with Gasteiger partial charge in [-0.25, -0.2) is 0 Å². The van der Waals surface area contributed by atoms with Crippen LogP contribution in [0.2, 0.25) is 0 Å². The van der Waals surface area contributed by atoms with E-state index in [0.717, 1.165) is 74.8 Å². The second kappa shape index (κ2) is 11.4. The number of rotatable bonds is 8. The third-order valence-corrected chi connectivity index (χ3v) is 8.59. The molecule has 3 heterocycles. The van der Waals surface area contributed by atoms with Crippen LogP contribution in [0.3, 0.4) is 0 Å². The molecule has 5 rings (SSSR count). The third-order valence-electron chi connectivity index (χ3n) is 8.59. The number of nitriles is 2. The highest BCUT2D eigenvalue weighted by atomic mass is 16.2. The monoisotopic (exact) mass is 523 g/mol. The van der Waals surface area contributed by atoms with Gasteiger partial charge in [-0.2, -0.15) is 10.5 Å². The third kappa shape index (κ3) is 5.44. The fraction of sp³-hybridized carbons (Fsp3) is 0.452. The number of hydrogen-bond acceptors (Lipinski definition) is 6. The maximum absolute atomic E-state index is 13.0. The summed E-state index contributed by atoms with van der Waals surface area (Å²) >= 11 is 0. The second-order valence-electron chi connectivity index (χ2n) is 10.9. The average molecular weight is 524 g/mol. The van der Waals surface area contributed by atoms with Gasteiger partial charge in [-0.15, -0.1) is 0 Å². The minimum Gasteiger partial charge on any atom is -0.322 e. The van der Waals surface area contributed by atoms with Crippen molar-refractivity contribution in [2.45, 2.75) is 69.4 Å². The number of hydrogen-bond donors (Lipinski definition) is 1. The van der Waals surface area contributed by atoms with Crippen molar-refractivity contribution in [3.63, 3.8) is 0 Å². The Hall–Kier alpha value is -4.01. The summed E-state index contributed by atoms with van der Waals surface area (Å²) in [7, 11) is 0. The van der Waals surface area contributed by atoms with Gasteiger partial charge in [-0.3, -0.25) is 19.7 Å². The van der Waals surface area contributed by atoms with E-state index in [1.54, 1.807) is 17.0 Å². The van der Waals surface area contributed by atoms with E-state index in [-0.39, 0.29) is 24.1 Å². The summed E-state index contributed by atoms with van der Waals surface area (Å²) in [5.41, 5.74) is 4.00. The standard InChI is InChI=1S/C31H33N5O3/c32-19-22-8-10-24(11-9-22)31(21-33)14-17-35(18-15-31)16-3-1-2-5-23-6-4-7-25-26(23)20-36(30(25)39)27-12-13-28(37)34-29(27)38/h4,6-11,27H,1-3,5,12-18,20H2,(H,34,37,38). The summed E-state index contributed by atoms with van der Waals surface area (Å²) in [6.45, 7) is 3.20. The van der Waals surface area contributed by atoms with E-state index in [1.165, 1.54) is 0 Å². The minimum atomic E-state index is -0.586. The lowest BCUT2D eigenvalue weighted by Crippen LogP contribution is -2.52. The van der Waals surface area contributed by atoms with Crippen molar-refractivity contribution in [3.05, 3.63) is 70.3 Å². The highest BCUT2D eigenvalue weighted by Crippen LogP contribution is 2.35. The number of likely N-dealkylation sites (tertiary alicyclic amines) is 1. The molecule has 3 amide bonds. The molecule has 8 nitrogen and oxygen atoms in total. The molecule has 3 aliphatic heterocycles. The van der Waals surface area contributed by atoms with Crippen molar-refractivity contribution in [2.75, 3.05) is 19.6 Å². The van der Waals surface area contributed by atoms with Gasteiger partial charge in [0.05, 0.1) is 23.1 Å². The highest BCUT2D eigenvalue weighted by molar-refractivity contribution is 6.05. The van der Waals surface area contributed by atoms with Crippen LogP contribution >= 0.6 is 0 Å². The van der Waals surface area contributed by atoms with Gasteiger partial charge in [-0.1, -0.05) is 30.7 Å². The molecule has 2 fully saturated rings. The molecule has 0 saturated carbocycles. The van der Waals surface area contributed by atoms with E-state index in [9.17, 15) is 19.6 Å². The molecular weight excluding hydrogens is 490 g/mol. The Balaban J connectivity index is 1.09. The Morgan fingerprint density at radius 3 is 2.44 bits per heavy atom. The number of carbonyl (C=O) groups is 3. The van der Waals surface area contributed by atoms with Gasteiger partial charge in [0, 0.05) is 18.5 Å². The van der Waals surface area contributed by atoms with Crippen molar-refractivity contribution in [3.8, 4) is 12.1 Å². The number of imide groups is 1. The number of nitrogens with zero attached hydrogens (tertiary/aromatic N) is 4. The lowest BCUT2D eigenvalue weighted by Gasteiger charge is -2.37. The first-order valence-corrected chi connectivity index (χ1v) is 13.8. The Bertz CT molecular complexity index is 1350. The first-order chi connectivity index (χ1) is 18.9. The topological polar surface area (TPSA) is 117 Å². The molecule has 1 atom stereocenters. The molecule has 0 spiro atoms. The second-order valence-corrected chi connectivity index (χ2v) is 10.9. The Morgan fingerprint density at radius 1 is 0.974 bits per heavy atom. The Morgan fingerprint density at radius 2 is 1.74 bits per heavy atom. The number of carbonyl (C=O) groups excluding carboxylic acids is 3. The molecule has 0 aliphatic carbocycles. The molecule has 0 bridgehead atoms. The van der Waals surface area contributed by atoms with Gasteiger partial charge < -0.3 is 9.80 Å². The molecule has 39 heavy (non-hydrogen) atoms. The summed E-state index contributed by atoms with van der Waals surface area (Å²) in [6, 6.07) is 17.4. The van der Waals surface area contributed by atoms with Crippen LogP contribution in [0.15, 0.2) is 42.5 Å². The van der Waals surface area contributed by atoms with Crippen molar-refractivity contribution in [2.24, 2.45) is 0 Å². The van der Waals surface area contributed by atoms with Crippen molar-refractivity contribution in [1.29, 1.82) is 10.5 Å². The van der Waals surface area contributed by atoms with Gasteiger partial charge in [0.25, 0.3) is 5.91 Å². The fourth-order valence-corrected chi connectivity index (χ4v) is 6.20. The molecule has 8 heteroatoms. The summed E-state index contributed by atoms with van der Waals surface area (Å²) in [4.78, 5) is 41.0.